The lowest BCUT2D eigenvalue weighted by atomic mass is 10.2. The molecule has 0 bridgehead atoms. The molecule has 0 aliphatic rings. The monoisotopic (exact) mass is 314 g/mol. The fourth-order valence-corrected chi connectivity index (χ4v) is 1.90. The van der Waals surface area contributed by atoms with Gasteiger partial charge in [-0.05, 0) is 30.3 Å². The second-order valence-corrected chi connectivity index (χ2v) is 4.67. The fraction of sp³-hybridized carbons (Fsp3) is 0.0625. The van der Waals surface area contributed by atoms with Crippen LogP contribution in [0.25, 0.3) is 0 Å². The van der Waals surface area contributed by atoms with Crippen LogP contribution in [0, 0.1) is 11.8 Å². The molecule has 0 unspecified atom stereocenters. The maximum absolute atomic E-state index is 10.9. The summed E-state index contributed by atoms with van der Waals surface area (Å²) in [6.07, 6.45) is 0.769. The van der Waals surface area contributed by atoms with Gasteiger partial charge < -0.3 is 4.74 Å². The van der Waals surface area contributed by atoms with Crippen LogP contribution in [0.15, 0.2) is 53.0 Å². The van der Waals surface area contributed by atoms with Crippen molar-refractivity contribution in [2.24, 2.45) is 0 Å². The maximum Gasteiger partial charge on any atom is 0.153 e. The molecule has 2 nitrogen and oxygen atoms in total. The Balaban J connectivity index is 2.00. The van der Waals surface area contributed by atoms with E-state index >= 15 is 0 Å². The van der Waals surface area contributed by atoms with E-state index in [-0.39, 0.29) is 6.61 Å². The van der Waals surface area contributed by atoms with Gasteiger partial charge in [0.05, 0.1) is 5.56 Å². The quantitative estimate of drug-likeness (QED) is 0.638. The fourth-order valence-electron chi connectivity index (χ4n) is 1.52. The summed E-state index contributed by atoms with van der Waals surface area (Å²) in [4.78, 5) is 10.9. The third-order valence-electron chi connectivity index (χ3n) is 2.41. The van der Waals surface area contributed by atoms with E-state index in [2.05, 4.69) is 27.8 Å². The predicted molar refractivity (Wildman–Crippen MR) is 78.3 cm³/mol. The molecule has 0 N–H and O–H groups in total. The molecule has 94 valence electrons. The summed E-state index contributed by atoms with van der Waals surface area (Å²) >= 11 is 3.31. The summed E-state index contributed by atoms with van der Waals surface area (Å²) < 4.78 is 6.32. The molecule has 2 rings (SSSR count). The molecular formula is C16H11BrO2. The number of hydrogen-bond acceptors (Lipinski definition) is 2. The van der Waals surface area contributed by atoms with Crippen molar-refractivity contribution in [3.8, 4) is 17.6 Å². The molecule has 0 aliphatic heterocycles. The van der Waals surface area contributed by atoms with Gasteiger partial charge in [0.1, 0.15) is 12.4 Å². The van der Waals surface area contributed by atoms with Crippen molar-refractivity contribution in [2.45, 2.75) is 0 Å². The van der Waals surface area contributed by atoms with Crippen LogP contribution in [0.1, 0.15) is 15.9 Å². The topological polar surface area (TPSA) is 26.3 Å². The lowest BCUT2D eigenvalue weighted by Crippen LogP contribution is -1.97. The largest absolute Gasteiger partial charge is 0.480 e. The second kappa shape index (κ2) is 6.77. The van der Waals surface area contributed by atoms with Crippen molar-refractivity contribution in [2.75, 3.05) is 6.61 Å². The summed E-state index contributed by atoms with van der Waals surface area (Å²) in [5.74, 6) is 6.45. The molecule has 0 fully saturated rings. The van der Waals surface area contributed by atoms with Gasteiger partial charge in [-0.1, -0.05) is 46.0 Å². The van der Waals surface area contributed by atoms with Crippen molar-refractivity contribution in [3.05, 3.63) is 64.1 Å². The Morgan fingerprint density at radius 2 is 1.95 bits per heavy atom. The molecule has 19 heavy (non-hydrogen) atoms. The van der Waals surface area contributed by atoms with E-state index < -0.39 is 0 Å². The Morgan fingerprint density at radius 1 is 1.16 bits per heavy atom. The minimum absolute atomic E-state index is 0.247. The van der Waals surface area contributed by atoms with Crippen LogP contribution >= 0.6 is 15.9 Å². The van der Waals surface area contributed by atoms with Gasteiger partial charge in [-0.2, -0.15) is 0 Å². The predicted octanol–water partition coefficient (Wildman–Crippen LogP) is 3.69. The summed E-state index contributed by atoms with van der Waals surface area (Å²) in [5.41, 5.74) is 1.45. The molecule has 0 saturated carbocycles. The zero-order valence-electron chi connectivity index (χ0n) is 10.1. The Kier molecular flexibility index (Phi) is 4.77. The lowest BCUT2D eigenvalue weighted by Gasteiger charge is -2.05. The smallest absolute Gasteiger partial charge is 0.153 e. The average molecular weight is 315 g/mol. The van der Waals surface area contributed by atoms with Crippen molar-refractivity contribution in [1.82, 2.24) is 0 Å². The van der Waals surface area contributed by atoms with E-state index in [1.807, 2.05) is 36.4 Å². The minimum Gasteiger partial charge on any atom is -0.480 e. The second-order valence-electron chi connectivity index (χ2n) is 3.76. The lowest BCUT2D eigenvalue weighted by molar-refractivity contribution is 0.112. The summed E-state index contributed by atoms with van der Waals surface area (Å²) in [7, 11) is 0. The first-order valence-corrected chi connectivity index (χ1v) is 6.50. The van der Waals surface area contributed by atoms with Crippen LogP contribution in [0.4, 0.5) is 0 Å². The molecule has 2 aromatic carbocycles. The van der Waals surface area contributed by atoms with Gasteiger partial charge in [0.15, 0.2) is 6.29 Å². The molecule has 0 radical (unpaired) electrons. The van der Waals surface area contributed by atoms with Gasteiger partial charge in [-0.15, -0.1) is 0 Å². The van der Waals surface area contributed by atoms with Crippen molar-refractivity contribution < 1.29 is 9.53 Å². The molecule has 0 amide bonds. The first-order valence-electron chi connectivity index (χ1n) is 5.71. The zero-order chi connectivity index (χ0) is 13.5. The highest BCUT2D eigenvalue weighted by Gasteiger charge is 2.02. The Labute approximate surface area is 120 Å². The van der Waals surface area contributed by atoms with Gasteiger partial charge in [-0.3, -0.25) is 4.79 Å². The third-order valence-corrected chi connectivity index (χ3v) is 2.90. The van der Waals surface area contributed by atoms with Gasteiger partial charge in [0.2, 0.25) is 0 Å². The standard InChI is InChI=1S/C16H11BrO2/c17-15-8-9-16(14(11-15)12-18)19-10-4-7-13-5-2-1-3-6-13/h1-3,5-6,8-9,11-12H,10H2. The van der Waals surface area contributed by atoms with Crippen LogP contribution in [-0.2, 0) is 0 Å². The van der Waals surface area contributed by atoms with E-state index in [4.69, 9.17) is 4.74 Å². The van der Waals surface area contributed by atoms with Crippen molar-refractivity contribution in [1.29, 1.82) is 0 Å². The van der Waals surface area contributed by atoms with Crippen molar-refractivity contribution >= 4 is 22.2 Å². The van der Waals surface area contributed by atoms with Crippen LogP contribution in [0.2, 0.25) is 0 Å². The van der Waals surface area contributed by atoms with E-state index in [0.717, 1.165) is 16.3 Å². The van der Waals surface area contributed by atoms with E-state index in [9.17, 15) is 4.79 Å². The number of hydrogen-bond donors (Lipinski definition) is 0. The SMILES string of the molecule is O=Cc1cc(Br)ccc1OCC#Cc1ccccc1. The van der Waals surface area contributed by atoms with Crippen LogP contribution in [0.5, 0.6) is 5.75 Å². The van der Waals surface area contributed by atoms with E-state index in [0.29, 0.717) is 11.3 Å². The van der Waals surface area contributed by atoms with E-state index in [1.165, 1.54) is 0 Å². The third kappa shape index (κ3) is 3.97. The van der Waals surface area contributed by atoms with Crippen LogP contribution < -0.4 is 4.74 Å². The van der Waals surface area contributed by atoms with Gasteiger partial charge in [0.25, 0.3) is 0 Å². The Hall–Kier alpha value is -2.05. The molecule has 0 saturated heterocycles. The van der Waals surface area contributed by atoms with Gasteiger partial charge in [0, 0.05) is 10.0 Å². The Bertz CT molecular complexity index is 624. The normalized spacial score (nSPS) is 9.32. The van der Waals surface area contributed by atoms with Crippen LogP contribution in [-0.4, -0.2) is 12.9 Å². The molecule has 2 aromatic rings. The number of ether oxygens (including phenoxy) is 1. The zero-order valence-corrected chi connectivity index (χ0v) is 11.7. The molecule has 0 heterocycles. The molecular weight excluding hydrogens is 304 g/mol. The molecule has 0 atom stereocenters. The molecule has 0 aliphatic carbocycles. The number of halogens is 1. The minimum atomic E-state index is 0.247. The number of aldehydes is 1. The molecule has 0 aromatic heterocycles. The van der Waals surface area contributed by atoms with Gasteiger partial charge in [-0.25, -0.2) is 0 Å². The summed E-state index contributed by atoms with van der Waals surface area (Å²) in [6.45, 7) is 0.247. The number of carbonyl (C=O) groups excluding carboxylic acids is 1. The first kappa shape index (κ1) is 13.4. The van der Waals surface area contributed by atoms with E-state index in [1.54, 1.807) is 12.1 Å². The van der Waals surface area contributed by atoms with Crippen LogP contribution in [0.3, 0.4) is 0 Å². The number of rotatable bonds is 3. The van der Waals surface area contributed by atoms with Gasteiger partial charge >= 0.3 is 0 Å². The Morgan fingerprint density at radius 3 is 2.68 bits per heavy atom. The highest BCUT2D eigenvalue weighted by atomic mass is 79.9. The highest BCUT2D eigenvalue weighted by Crippen LogP contribution is 2.21. The molecule has 0 spiro atoms. The number of benzene rings is 2. The maximum atomic E-state index is 10.9. The highest BCUT2D eigenvalue weighted by molar-refractivity contribution is 9.10. The molecule has 3 heteroatoms. The number of carbonyl (C=O) groups is 1. The average Bonchev–Trinajstić information content (AvgIpc) is 2.46. The van der Waals surface area contributed by atoms with Crippen molar-refractivity contribution in [3.63, 3.8) is 0 Å². The summed E-state index contributed by atoms with van der Waals surface area (Å²) in [5, 5.41) is 0. The summed E-state index contributed by atoms with van der Waals surface area (Å²) in [6, 6.07) is 15.0. The first-order chi connectivity index (χ1) is 9.29.